The van der Waals surface area contributed by atoms with E-state index in [9.17, 15) is 0 Å². The van der Waals surface area contributed by atoms with Gasteiger partial charge in [-0.15, -0.1) is 0 Å². The summed E-state index contributed by atoms with van der Waals surface area (Å²) in [7, 11) is 0. The second-order valence-electron chi connectivity index (χ2n) is 3.92. The Morgan fingerprint density at radius 3 is 2.46 bits per heavy atom. The molecule has 0 amide bonds. The Labute approximate surface area is 80.4 Å². The second kappa shape index (κ2) is 3.51. The number of nitrogens with zero attached hydrogens (tertiary/aromatic N) is 1. The van der Waals surface area contributed by atoms with E-state index in [4.69, 9.17) is 0 Å². The van der Waals surface area contributed by atoms with Crippen molar-refractivity contribution >= 4 is 0 Å². The minimum Gasteiger partial charge on any atom is -0.297 e. The topological polar surface area (TPSA) is 3.24 Å². The van der Waals surface area contributed by atoms with Crippen LogP contribution in [0.2, 0.25) is 0 Å². The molecule has 0 spiro atoms. The quantitative estimate of drug-likeness (QED) is 0.668. The summed E-state index contributed by atoms with van der Waals surface area (Å²) < 4.78 is 0. The molecular formula is C12H17N. The van der Waals surface area contributed by atoms with Crippen LogP contribution in [0.4, 0.5) is 0 Å². The third-order valence-corrected chi connectivity index (χ3v) is 3.08. The highest BCUT2D eigenvalue weighted by molar-refractivity contribution is 5.28. The van der Waals surface area contributed by atoms with Crippen molar-refractivity contribution in [3.05, 3.63) is 35.4 Å². The van der Waals surface area contributed by atoms with Crippen LogP contribution in [0, 0.1) is 6.92 Å². The number of aryl methyl sites for hydroxylation is 1. The fourth-order valence-corrected chi connectivity index (χ4v) is 1.98. The van der Waals surface area contributed by atoms with Crippen LogP contribution in [0.3, 0.4) is 0 Å². The highest BCUT2D eigenvalue weighted by Crippen LogP contribution is 2.26. The van der Waals surface area contributed by atoms with E-state index in [1.807, 2.05) is 0 Å². The van der Waals surface area contributed by atoms with Crippen molar-refractivity contribution in [2.45, 2.75) is 26.3 Å². The lowest BCUT2D eigenvalue weighted by Gasteiger charge is -2.37. The zero-order valence-electron chi connectivity index (χ0n) is 8.46. The molecule has 13 heavy (non-hydrogen) atoms. The lowest BCUT2D eigenvalue weighted by molar-refractivity contribution is 0.128. The van der Waals surface area contributed by atoms with Gasteiger partial charge in [0.1, 0.15) is 0 Å². The average Bonchev–Trinajstić information content (AvgIpc) is 2.01. The number of rotatable bonds is 2. The van der Waals surface area contributed by atoms with Crippen LogP contribution in [0.25, 0.3) is 0 Å². The van der Waals surface area contributed by atoms with Crippen LogP contribution in [0.5, 0.6) is 0 Å². The smallest absolute Gasteiger partial charge is 0.0322 e. The summed E-state index contributed by atoms with van der Waals surface area (Å²) in [5.41, 5.74) is 2.91. The van der Waals surface area contributed by atoms with Crippen LogP contribution in [-0.2, 0) is 0 Å². The third kappa shape index (κ3) is 1.61. The summed E-state index contributed by atoms with van der Waals surface area (Å²) in [6, 6.07) is 9.31. The van der Waals surface area contributed by atoms with Crippen LogP contribution in [0.15, 0.2) is 24.3 Å². The molecule has 0 aliphatic carbocycles. The first kappa shape index (κ1) is 8.76. The summed E-state index contributed by atoms with van der Waals surface area (Å²) in [4.78, 5) is 2.53. The molecule has 1 saturated heterocycles. The van der Waals surface area contributed by atoms with Gasteiger partial charge in [-0.1, -0.05) is 24.3 Å². The van der Waals surface area contributed by atoms with Crippen molar-refractivity contribution in [1.82, 2.24) is 4.90 Å². The number of likely N-dealkylation sites (tertiary alicyclic amines) is 1. The van der Waals surface area contributed by atoms with Crippen LogP contribution < -0.4 is 0 Å². The third-order valence-electron chi connectivity index (χ3n) is 3.08. The molecule has 1 unspecified atom stereocenters. The molecule has 70 valence electrons. The van der Waals surface area contributed by atoms with Crippen molar-refractivity contribution in [2.75, 3.05) is 13.1 Å². The highest BCUT2D eigenvalue weighted by Gasteiger charge is 2.21. The van der Waals surface area contributed by atoms with Crippen molar-refractivity contribution in [3.8, 4) is 0 Å². The Morgan fingerprint density at radius 2 is 1.92 bits per heavy atom. The summed E-state index contributed by atoms with van der Waals surface area (Å²) in [5.74, 6) is 0. The molecule has 0 N–H and O–H groups in total. The zero-order chi connectivity index (χ0) is 9.26. The van der Waals surface area contributed by atoms with E-state index >= 15 is 0 Å². The lowest BCUT2D eigenvalue weighted by Crippen LogP contribution is -2.39. The Balaban J connectivity index is 2.18. The van der Waals surface area contributed by atoms with Gasteiger partial charge in [-0.25, -0.2) is 0 Å². The average molecular weight is 175 g/mol. The van der Waals surface area contributed by atoms with E-state index in [-0.39, 0.29) is 0 Å². The fraction of sp³-hybridized carbons (Fsp3) is 0.500. The predicted octanol–water partition coefficient (Wildman–Crippen LogP) is 2.76. The monoisotopic (exact) mass is 175 g/mol. The first-order valence-corrected chi connectivity index (χ1v) is 5.08. The summed E-state index contributed by atoms with van der Waals surface area (Å²) in [5, 5.41) is 0. The predicted molar refractivity (Wildman–Crippen MR) is 55.8 cm³/mol. The molecule has 1 fully saturated rings. The van der Waals surface area contributed by atoms with Gasteiger partial charge in [0.25, 0.3) is 0 Å². The van der Waals surface area contributed by atoms with Gasteiger partial charge >= 0.3 is 0 Å². The highest BCUT2D eigenvalue weighted by atomic mass is 15.2. The van der Waals surface area contributed by atoms with E-state index in [0.29, 0.717) is 6.04 Å². The Kier molecular flexibility index (Phi) is 2.36. The first-order chi connectivity index (χ1) is 6.29. The molecule has 1 aromatic carbocycles. The molecule has 1 heterocycles. The largest absolute Gasteiger partial charge is 0.297 e. The van der Waals surface area contributed by atoms with Crippen molar-refractivity contribution < 1.29 is 0 Å². The molecule has 1 atom stereocenters. The Morgan fingerprint density at radius 1 is 1.23 bits per heavy atom. The van der Waals surface area contributed by atoms with Gasteiger partial charge in [-0.05, 0) is 44.5 Å². The molecule has 1 aliphatic heterocycles. The van der Waals surface area contributed by atoms with Gasteiger partial charge in [0.2, 0.25) is 0 Å². The van der Waals surface area contributed by atoms with Crippen LogP contribution in [0.1, 0.15) is 30.5 Å². The Hall–Kier alpha value is -0.820. The molecule has 1 aliphatic rings. The van der Waals surface area contributed by atoms with Crippen molar-refractivity contribution in [3.63, 3.8) is 0 Å². The van der Waals surface area contributed by atoms with Gasteiger partial charge in [0, 0.05) is 6.04 Å². The fourth-order valence-electron chi connectivity index (χ4n) is 1.98. The van der Waals surface area contributed by atoms with Gasteiger partial charge < -0.3 is 0 Å². The molecular weight excluding hydrogens is 158 g/mol. The van der Waals surface area contributed by atoms with Gasteiger partial charge in [-0.2, -0.15) is 0 Å². The minimum absolute atomic E-state index is 0.606. The van der Waals surface area contributed by atoms with E-state index in [1.54, 1.807) is 0 Å². The van der Waals surface area contributed by atoms with Gasteiger partial charge in [0.05, 0.1) is 0 Å². The number of hydrogen-bond acceptors (Lipinski definition) is 1. The Bertz CT molecular complexity index is 289. The molecule has 1 heteroatoms. The molecule has 0 bridgehead atoms. The van der Waals surface area contributed by atoms with Gasteiger partial charge in [0.15, 0.2) is 0 Å². The van der Waals surface area contributed by atoms with Gasteiger partial charge in [-0.3, -0.25) is 4.90 Å². The summed E-state index contributed by atoms with van der Waals surface area (Å²) in [6.07, 6.45) is 1.37. The maximum Gasteiger partial charge on any atom is 0.0322 e. The second-order valence-corrected chi connectivity index (χ2v) is 3.92. The van der Waals surface area contributed by atoms with E-state index in [2.05, 4.69) is 43.0 Å². The van der Waals surface area contributed by atoms with Crippen LogP contribution in [-0.4, -0.2) is 18.0 Å². The summed E-state index contributed by atoms with van der Waals surface area (Å²) >= 11 is 0. The molecule has 1 aromatic rings. The van der Waals surface area contributed by atoms with Crippen molar-refractivity contribution in [2.24, 2.45) is 0 Å². The number of hydrogen-bond donors (Lipinski definition) is 0. The lowest BCUT2D eigenvalue weighted by atomic mass is 9.99. The maximum atomic E-state index is 2.53. The molecule has 0 radical (unpaired) electrons. The first-order valence-electron chi connectivity index (χ1n) is 5.08. The summed E-state index contributed by atoms with van der Waals surface area (Å²) in [6.45, 7) is 7.05. The zero-order valence-corrected chi connectivity index (χ0v) is 8.46. The molecule has 2 rings (SSSR count). The normalized spacial score (nSPS) is 19.5. The SMILES string of the molecule is Cc1ccccc1C(C)N1CCC1. The van der Waals surface area contributed by atoms with Crippen molar-refractivity contribution in [1.29, 1.82) is 0 Å². The van der Waals surface area contributed by atoms with E-state index in [0.717, 1.165) is 0 Å². The molecule has 1 nitrogen and oxygen atoms in total. The minimum atomic E-state index is 0.606. The van der Waals surface area contributed by atoms with E-state index < -0.39 is 0 Å². The standard InChI is InChI=1S/C12H17N/c1-10-6-3-4-7-12(10)11(2)13-8-5-9-13/h3-4,6-7,11H,5,8-9H2,1-2H3. The molecule has 0 saturated carbocycles. The maximum absolute atomic E-state index is 2.53. The van der Waals surface area contributed by atoms with Crippen LogP contribution >= 0.6 is 0 Å². The van der Waals surface area contributed by atoms with E-state index in [1.165, 1.54) is 30.6 Å². The molecule has 0 aromatic heterocycles. The number of benzene rings is 1.